The predicted molar refractivity (Wildman–Crippen MR) is 9.45 cm³/mol. The van der Waals surface area contributed by atoms with Gasteiger partial charge in [-0.2, -0.15) is 0 Å². The number of hydrogen-bond donors (Lipinski definition) is 1. The highest BCUT2D eigenvalue weighted by molar-refractivity contribution is 1.71. The summed E-state index contributed by atoms with van der Waals surface area (Å²) in [4.78, 5) is 0. The van der Waals surface area contributed by atoms with Crippen molar-refractivity contribution in [3.63, 3.8) is 0 Å². The van der Waals surface area contributed by atoms with Crippen LogP contribution < -0.4 is 4.66 Å². The molecule has 0 unspecified atom stereocenters. The molecule has 0 amide bonds. The number of rotatable bonds is 0. The first-order chi connectivity index (χ1) is 1.41. The minimum absolute atomic E-state index is 0. The van der Waals surface area contributed by atoms with Gasteiger partial charge in [0, 0.05) is 0 Å². The molecule has 0 aliphatic carbocycles. The molecule has 0 spiro atoms. The van der Waals surface area contributed by atoms with Crippen LogP contribution in [0.25, 0.3) is 0 Å². The summed E-state index contributed by atoms with van der Waals surface area (Å²) in [6.07, 6.45) is 0. The van der Waals surface area contributed by atoms with Crippen molar-refractivity contribution in [2.75, 3.05) is 0 Å². The van der Waals surface area contributed by atoms with Crippen LogP contribution in [-0.4, -0.2) is 15.6 Å². The maximum Gasteiger partial charge on any atom is 0.327 e. The number of hydrogen-bond acceptors (Lipinski definition) is 2. The lowest BCUT2D eigenvalue weighted by atomic mass is 15.9. The summed E-state index contributed by atoms with van der Waals surface area (Å²) in [5, 5.41) is 0. The molecule has 5 N–H and O–H groups in total. The molecule has 0 rings (SSSR count). The van der Waals surface area contributed by atoms with E-state index >= 15 is 0 Å². The topological polar surface area (TPSA) is 106 Å². The molecule has 5 heteroatoms. The van der Waals surface area contributed by atoms with Crippen molar-refractivity contribution in [2.45, 2.75) is 0 Å². The first-order valence-corrected chi connectivity index (χ1v) is 0.970. The van der Waals surface area contributed by atoms with Crippen LogP contribution in [0.15, 0.2) is 0 Å². The van der Waals surface area contributed by atoms with E-state index in [1.807, 2.05) is 0 Å². The van der Waals surface area contributed by atoms with Gasteiger partial charge >= 0.3 is 11.3 Å². The quantitative estimate of drug-likeness (QED) is 0.346. The summed E-state index contributed by atoms with van der Waals surface area (Å²) in [6, 6.07) is 0. The van der Waals surface area contributed by atoms with Gasteiger partial charge in [0.1, 0.15) is 0 Å². The third-order valence-corrected chi connectivity index (χ3v) is 0. The van der Waals surface area contributed by atoms with Crippen LogP contribution in [0.4, 0.5) is 0 Å². The Morgan fingerprint density at radius 1 is 1.40 bits per heavy atom. The van der Waals surface area contributed by atoms with Crippen LogP contribution in [0.1, 0.15) is 0 Å². The van der Waals surface area contributed by atoms with Gasteiger partial charge in [-0.25, -0.2) is 0 Å². The van der Waals surface area contributed by atoms with E-state index in [9.17, 15) is 0 Å². The van der Waals surface area contributed by atoms with E-state index in [0.29, 0.717) is 0 Å². The molecule has 0 aliphatic heterocycles. The highest BCUT2D eigenvalue weighted by atomic mass is 35.6. The van der Waals surface area contributed by atoms with Gasteiger partial charge in [0.25, 0.3) is 0 Å². The fraction of sp³-hybridized carbons (Fsp3) is 0. The summed E-state index contributed by atoms with van der Waals surface area (Å²) in [5.41, 5.74) is 0. The molecule has 0 aromatic rings. The highest BCUT2D eigenvalue weighted by Crippen LogP contribution is 1.13. The zero-order chi connectivity index (χ0) is 2.71. The molecule has 0 aromatic heterocycles. The fourth-order valence-electron chi connectivity index (χ4n) is 0. The molecule has 0 aliphatic rings. The lowest BCUT2D eigenvalue weighted by molar-refractivity contribution is -1.27. The molecule has 0 heterocycles. The fourth-order valence-corrected chi connectivity index (χ4v) is 0. The largest absolute Gasteiger partial charge is 0.506 e. The zero-order valence-corrected chi connectivity index (χ0v) is 2.99. The molecule has 0 saturated carbocycles. The molecule has 4 nitrogen and oxygen atoms in total. The van der Waals surface area contributed by atoms with Crippen LogP contribution >= 0.6 is 0 Å². The summed E-state index contributed by atoms with van der Waals surface area (Å²) in [6.45, 7) is 0. The Hall–Kier alpha value is 0.130. The van der Waals surface area contributed by atoms with Crippen molar-refractivity contribution in [3.05, 3.63) is 0 Å². The normalized spacial score (nSPS) is 3.60. The van der Waals surface area contributed by atoms with E-state index in [2.05, 4.69) is 0 Å². The van der Waals surface area contributed by atoms with Crippen molar-refractivity contribution >= 4 is 0 Å². The first-order valence-electron chi connectivity index (χ1n) is 0.323. The highest BCUT2D eigenvalue weighted by Gasteiger charge is 1.47. The molecule has 5 heavy (non-hydrogen) atoms. The molecular formula is H5ClO4. The van der Waals surface area contributed by atoms with E-state index in [1.54, 1.807) is 0 Å². The average molecular weight is 104 g/mol. The van der Waals surface area contributed by atoms with Crippen molar-refractivity contribution in [3.8, 4) is 0 Å². The van der Waals surface area contributed by atoms with Crippen LogP contribution in [-0.2, 0) is 0 Å². The average Bonchev–Trinajstić information content (AvgIpc) is 0.918. The van der Waals surface area contributed by atoms with E-state index in [0.717, 1.165) is 0 Å². The van der Waals surface area contributed by atoms with E-state index in [4.69, 9.17) is 9.32 Å². The van der Waals surface area contributed by atoms with Crippen molar-refractivity contribution < 1.29 is 31.6 Å². The molecular weight excluding hydrogens is 99.4 g/mol. The standard InChI is InChI=1S/ClHO2.2H2O/c2-1-3;;/h2H;2*1H2. The summed E-state index contributed by atoms with van der Waals surface area (Å²) < 4.78 is 15.2. The van der Waals surface area contributed by atoms with Crippen LogP contribution in [0.5, 0.6) is 0 Å². The molecule has 0 radical (unpaired) electrons. The molecule has 0 atom stereocenters. The number of halogens is 1. The third-order valence-electron chi connectivity index (χ3n) is 0. The van der Waals surface area contributed by atoms with Gasteiger partial charge in [-0.15, -0.1) is 4.66 Å². The van der Waals surface area contributed by atoms with Gasteiger partial charge in [0.05, 0.1) is 0 Å². The van der Waals surface area contributed by atoms with Crippen LogP contribution in [0.2, 0.25) is 0 Å². The molecule has 36 valence electrons. The lowest BCUT2D eigenvalue weighted by Crippen LogP contribution is -1.94. The lowest BCUT2D eigenvalue weighted by Gasteiger charge is -1.46. The molecule has 0 bridgehead atoms. The van der Waals surface area contributed by atoms with Crippen molar-refractivity contribution in [1.82, 2.24) is 0 Å². The molecule has 0 aromatic carbocycles. The molecule has 0 saturated heterocycles. The maximum absolute atomic E-state index is 8.35. The van der Waals surface area contributed by atoms with E-state index in [-0.39, 0.29) is 22.3 Å². The smallest absolute Gasteiger partial charge is 0.327 e. The first kappa shape index (κ1) is 19.3. The Labute approximate surface area is 32.7 Å². The summed E-state index contributed by atoms with van der Waals surface area (Å²) in [7, 11) is 0. The van der Waals surface area contributed by atoms with E-state index < -0.39 is 0 Å². The maximum atomic E-state index is 8.35. The minimum Gasteiger partial charge on any atom is -0.506 e. The second-order valence-corrected chi connectivity index (χ2v) is 0.207. The monoisotopic (exact) mass is 104 g/mol. The Balaban J connectivity index is -0.0000000200. The van der Waals surface area contributed by atoms with Gasteiger partial charge in [-0.3, -0.25) is 0 Å². The van der Waals surface area contributed by atoms with Gasteiger partial charge in [-0.05, 0) is 0 Å². The molecule has 0 fully saturated rings. The zero-order valence-electron chi connectivity index (χ0n) is 2.23. The Morgan fingerprint density at radius 2 is 1.40 bits per heavy atom. The Kier molecular flexibility index (Phi) is 122. The third kappa shape index (κ3) is 1110. The summed E-state index contributed by atoms with van der Waals surface area (Å²) >= 11 is -0.167. The van der Waals surface area contributed by atoms with Gasteiger partial charge < -0.3 is 15.6 Å². The Bertz CT molecular complexity index is 3.61. The SMILES string of the molecule is O.O.[O-][Cl+]O. The van der Waals surface area contributed by atoms with Crippen molar-refractivity contribution in [2.24, 2.45) is 0 Å². The summed E-state index contributed by atoms with van der Waals surface area (Å²) in [5.74, 6) is 0. The van der Waals surface area contributed by atoms with Gasteiger partial charge in [0.2, 0.25) is 0 Å². The second-order valence-electron chi connectivity index (χ2n) is 0.0690. The Morgan fingerprint density at radius 3 is 1.40 bits per heavy atom. The second kappa shape index (κ2) is 31.7. The van der Waals surface area contributed by atoms with E-state index in [1.165, 1.54) is 0 Å². The van der Waals surface area contributed by atoms with Crippen molar-refractivity contribution in [1.29, 1.82) is 0 Å². The van der Waals surface area contributed by atoms with Gasteiger partial charge in [-0.1, -0.05) is 0 Å². The predicted octanol–water partition coefficient (Wildman–Crippen LogP) is -3.40. The van der Waals surface area contributed by atoms with Crippen LogP contribution in [0, 0.1) is 11.3 Å². The van der Waals surface area contributed by atoms with Gasteiger partial charge in [0.15, 0.2) is 0 Å². The van der Waals surface area contributed by atoms with Crippen LogP contribution in [0.3, 0.4) is 0 Å². The minimum atomic E-state index is -0.167.